The molecule has 0 aromatic carbocycles. The van der Waals surface area contributed by atoms with E-state index in [1.807, 2.05) is 6.07 Å². The Kier molecular flexibility index (Phi) is 2.09. The lowest BCUT2D eigenvalue weighted by molar-refractivity contribution is 0.0604. The van der Waals surface area contributed by atoms with E-state index in [4.69, 9.17) is 5.73 Å². The van der Waals surface area contributed by atoms with Crippen LogP contribution < -0.4 is 5.73 Å². The van der Waals surface area contributed by atoms with Gasteiger partial charge in [-0.2, -0.15) is 0 Å². The molecule has 4 nitrogen and oxygen atoms in total. The van der Waals surface area contributed by atoms with Crippen molar-refractivity contribution in [3.8, 4) is 0 Å². The minimum Gasteiger partial charge on any atom is -0.465 e. The number of hydrogen-bond acceptors (Lipinski definition) is 5. The molecule has 0 bridgehead atoms. The summed E-state index contributed by atoms with van der Waals surface area (Å²) >= 11 is 1.34. The van der Waals surface area contributed by atoms with Crippen LogP contribution in [0.2, 0.25) is 0 Å². The summed E-state index contributed by atoms with van der Waals surface area (Å²) < 4.78 is 5.53. The summed E-state index contributed by atoms with van der Waals surface area (Å²) in [4.78, 5) is 15.5. The summed E-state index contributed by atoms with van der Waals surface area (Å²) in [5.41, 5.74) is 6.69. The summed E-state index contributed by atoms with van der Waals surface area (Å²) in [7, 11) is 1.33. The van der Waals surface area contributed by atoms with Gasteiger partial charge in [-0.05, 0) is 12.1 Å². The van der Waals surface area contributed by atoms with Gasteiger partial charge in [-0.15, -0.1) is 11.3 Å². The van der Waals surface area contributed by atoms with Crippen LogP contribution in [0.5, 0.6) is 0 Å². The zero-order valence-electron chi connectivity index (χ0n) is 7.48. The highest BCUT2D eigenvalue weighted by Crippen LogP contribution is 2.31. The number of rotatable bonds is 1. The molecule has 2 aromatic rings. The average molecular weight is 208 g/mol. The molecule has 0 amide bonds. The Bertz CT molecular complexity index is 493. The second-order valence-corrected chi connectivity index (χ2v) is 3.77. The number of pyridine rings is 1. The quantitative estimate of drug-likeness (QED) is 0.724. The Balaban J connectivity index is 2.74. The molecule has 0 aliphatic heterocycles. The molecule has 0 fully saturated rings. The molecule has 2 heterocycles. The number of methoxy groups -OCH3 is 1. The van der Waals surface area contributed by atoms with Crippen molar-refractivity contribution in [2.45, 2.75) is 0 Å². The first-order valence-corrected chi connectivity index (χ1v) is 4.77. The topological polar surface area (TPSA) is 65.2 Å². The maximum Gasteiger partial charge on any atom is 0.343 e. The van der Waals surface area contributed by atoms with E-state index in [9.17, 15) is 4.79 Å². The molecule has 0 saturated heterocycles. The highest BCUT2D eigenvalue weighted by atomic mass is 32.1. The second-order valence-electron chi connectivity index (χ2n) is 2.68. The molecule has 2 aromatic heterocycles. The SMILES string of the molecule is COC(=O)c1c(N)sc2cccnc12. The van der Waals surface area contributed by atoms with Crippen LogP contribution in [-0.4, -0.2) is 18.1 Å². The number of fused-ring (bicyclic) bond motifs is 1. The minimum atomic E-state index is -0.438. The predicted molar refractivity (Wildman–Crippen MR) is 55.4 cm³/mol. The molecule has 0 aliphatic carbocycles. The van der Waals surface area contributed by atoms with Crippen molar-refractivity contribution < 1.29 is 9.53 Å². The first-order valence-electron chi connectivity index (χ1n) is 3.95. The van der Waals surface area contributed by atoms with Crippen LogP contribution in [0.15, 0.2) is 18.3 Å². The van der Waals surface area contributed by atoms with E-state index in [0.717, 1.165) is 4.70 Å². The van der Waals surface area contributed by atoms with E-state index in [-0.39, 0.29) is 0 Å². The monoisotopic (exact) mass is 208 g/mol. The van der Waals surface area contributed by atoms with E-state index >= 15 is 0 Å². The van der Waals surface area contributed by atoms with Gasteiger partial charge in [0.1, 0.15) is 10.6 Å². The Labute approximate surface area is 84.3 Å². The normalized spacial score (nSPS) is 10.4. The molecule has 0 aliphatic rings. The third kappa shape index (κ3) is 1.22. The van der Waals surface area contributed by atoms with Gasteiger partial charge in [0.15, 0.2) is 0 Å². The summed E-state index contributed by atoms with van der Waals surface area (Å²) in [6.07, 6.45) is 1.63. The van der Waals surface area contributed by atoms with Crippen molar-refractivity contribution in [3.63, 3.8) is 0 Å². The molecule has 5 heteroatoms. The molecule has 72 valence electrons. The third-order valence-electron chi connectivity index (χ3n) is 1.86. The lowest BCUT2D eigenvalue weighted by atomic mass is 10.2. The van der Waals surface area contributed by atoms with Gasteiger partial charge in [-0.1, -0.05) is 0 Å². The smallest absolute Gasteiger partial charge is 0.343 e. The lowest BCUT2D eigenvalue weighted by Gasteiger charge is -1.96. The van der Waals surface area contributed by atoms with E-state index in [0.29, 0.717) is 16.1 Å². The number of aromatic nitrogens is 1. The van der Waals surface area contributed by atoms with Crippen molar-refractivity contribution in [3.05, 3.63) is 23.9 Å². The number of nitrogen functional groups attached to an aromatic ring is 1. The first-order chi connectivity index (χ1) is 6.74. The van der Waals surface area contributed by atoms with E-state index < -0.39 is 5.97 Å². The number of carbonyl (C=O) groups excluding carboxylic acids is 1. The van der Waals surface area contributed by atoms with Gasteiger partial charge in [0, 0.05) is 6.20 Å². The molecule has 14 heavy (non-hydrogen) atoms. The van der Waals surface area contributed by atoms with Crippen LogP contribution >= 0.6 is 11.3 Å². The van der Waals surface area contributed by atoms with E-state index in [1.54, 1.807) is 12.3 Å². The van der Waals surface area contributed by atoms with Crippen LogP contribution in [-0.2, 0) is 4.74 Å². The summed E-state index contributed by atoms with van der Waals surface area (Å²) in [6, 6.07) is 3.68. The number of hydrogen-bond donors (Lipinski definition) is 1. The molecule has 0 spiro atoms. The van der Waals surface area contributed by atoms with Crippen LogP contribution in [0.3, 0.4) is 0 Å². The highest BCUT2D eigenvalue weighted by molar-refractivity contribution is 7.23. The molecular weight excluding hydrogens is 200 g/mol. The van der Waals surface area contributed by atoms with Crippen molar-refractivity contribution in [2.75, 3.05) is 12.8 Å². The molecule has 0 unspecified atom stereocenters. The fourth-order valence-corrected chi connectivity index (χ4v) is 2.16. The average Bonchev–Trinajstić information content (AvgIpc) is 2.53. The lowest BCUT2D eigenvalue weighted by Crippen LogP contribution is -2.03. The fourth-order valence-electron chi connectivity index (χ4n) is 1.25. The van der Waals surface area contributed by atoms with Crippen molar-refractivity contribution in [1.29, 1.82) is 0 Å². The number of thiophene rings is 1. The number of nitrogens with two attached hydrogens (primary N) is 1. The zero-order valence-corrected chi connectivity index (χ0v) is 8.30. The Morgan fingerprint density at radius 1 is 1.64 bits per heavy atom. The standard InChI is InChI=1S/C9H8N2O2S/c1-13-9(12)6-7-5(14-8(6)10)3-2-4-11-7/h2-4H,10H2,1H3. The number of ether oxygens (including phenoxy) is 1. The molecule has 2 N–H and O–H groups in total. The van der Waals surface area contributed by atoms with E-state index in [2.05, 4.69) is 9.72 Å². The van der Waals surface area contributed by atoms with Crippen LogP contribution in [0, 0.1) is 0 Å². The Morgan fingerprint density at radius 2 is 2.43 bits per heavy atom. The van der Waals surface area contributed by atoms with Gasteiger partial charge in [0.05, 0.1) is 17.3 Å². The maximum atomic E-state index is 11.4. The largest absolute Gasteiger partial charge is 0.465 e. The second kappa shape index (κ2) is 3.26. The van der Waals surface area contributed by atoms with Crippen molar-refractivity contribution in [2.24, 2.45) is 0 Å². The summed E-state index contributed by atoms with van der Waals surface area (Å²) in [6.45, 7) is 0. The summed E-state index contributed by atoms with van der Waals surface area (Å²) in [5.74, 6) is -0.438. The van der Waals surface area contributed by atoms with Crippen LogP contribution in [0.4, 0.5) is 5.00 Å². The van der Waals surface area contributed by atoms with Gasteiger partial charge in [-0.25, -0.2) is 4.79 Å². The minimum absolute atomic E-state index is 0.369. The fraction of sp³-hybridized carbons (Fsp3) is 0.111. The number of carbonyl (C=O) groups is 1. The van der Waals surface area contributed by atoms with Gasteiger partial charge in [-0.3, -0.25) is 4.98 Å². The van der Waals surface area contributed by atoms with Crippen LogP contribution in [0.25, 0.3) is 10.2 Å². The van der Waals surface area contributed by atoms with Gasteiger partial charge < -0.3 is 10.5 Å². The molecule has 0 radical (unpaired) electrons. The Hall–Kier alpha value is -1.62. The maximum absolute atomic E-state index is 11.4. The van der Waals surface area contributed by atoms with Gasteiger partial charge in [0.2, 0.25) is 0 Å². The van der Waals surface area contributed by atoms with Crippen LogP contribution in [0.1, 0.15) is 10.4 Å². The van der Waals surface area contributed by atoms with Gasteiger partial charge >= 0.3 is 5.97 Å². The zero-order chi connectivity index (χ0) is 10.1. The molecule has 0 atom stereocenters. The van der Waals surface area contributed by atoms with Crippen molar-refractivity contribution in [1.82, 2.24) is 4.98 Å². The molecule has 2 rings (SSSR count). The first kappa shape index (κ1) is 8.96. The number of esters is 1. The third-order valence-corrected chi connectivity index (χ3v) is 2.84. The number of nitrogens with zero attached hydrogens (tertiary/aromatic N) is 1. The summed E-state index contributed by atoms with van der Waals surface area (Å²) in [5, 5.41) is 0.450. The Morgan fingerprint density at radius 3 is 3.14 bits per heavy atom. The van der Waals surface area contributed by atoms with Crippen molar-refractivity contribution >= 4 is 32.5 Å². The number of anilines is 1. The molecular formula is C9H8N2O2S. The highest BCUT2D eigenvalue weighted by Gasteiger charge is 2.18. The van der Waals surface area contributed by atoms with Gasteiger partial charge in [0.25, 0.3) is 0 Å². The molecule has 0 saturated carbocycles. The van der Waals surface area contributed by atoms with E-state index in [1.165, 1.54) is 18.4 Å². The predicted octanol–water partition coefficient (Wildman–Crippen LogP) is 1.67.